The maximum atomic E-state index is 13.0. The first-order valence-corrected chi connectivity index (χ1v) is 10.4. The number of ether oxygens (including phenoxy) is 3. The number of imide groups is 1. The fourth-order valence-electron chi connectivity index (χ4n) is 3.15. The molecule has 2 aromatic heterocycles. The van der Waals surface area contributed by atoms with E-state index in [1.54, 1.807) is 52.4 Å². The maximum Gasteiger partial charge on any atom is 0.425 e. The molecule has 10 nitrogen and oxygen atoms in total. The van der Waals surface area contributed by atoms with E-state index in [1.807, 2.05) is 0 Å². The molecule has 1 aliphatic rings. The summed E-state index contributed by atoms with van der Waals surface area (Å²) in [6, 6.07) is 0. The molecule has 1 aliphatic heterocycles. The number of aromatic nitrogens is 3. The Kier molecular flexibility index (Phi) is 6.13. The molecule has 31 heavy (non-hydrogen) atoms. The van der Waals surface area contributed by atoms with Gasteiger partial charge >= 0.3 is 12.2 Å². The molecule has 2 aromatic rings. The van der Waals surface area contributed by atoms with Crippen LogP contribution in [0.15, 0.2) is 12.4 Å². The summed E-state index contributed by atoms with van der Waals surface area (Å²) in [5.41, 5.74) is 5.17. The largest absolute Gasteiger partial charge is 0.443 e. The molecule has 1 fully saturated rings. The normalized spacial score (nSPS) is 17.4. The molecule has 2 N–H and O–H groups in total. The summed E-state index contributed by atoms with van der Waals surface area (Å²) in [7, 11) is 0. The van der Waals surface area contributed by atoms with E-state index >= 15 is 0 Å². The minimum Gasteiger partial charge on any atom is -0.443 e. The summed E-state index contributed by atoms with van der Waals surface area (Å²) in [4.78, 5) is 31.1. The van der Waals surface area contributed by atoms with Crippen LogP contribution in [0.1, 0.15) is 67.0 Å². The molecule has 0 bridgehead atoms. The van der Waals surface area contributed by atoms with Crippen LogP contribution in [-0.4, -0.2) is 44.8 Å². The van der Waals surface area contributed by atoms with E-state index in [1.165, 1.54) is 6.20 Å². The summed E-state index contributed by atoms with van der Waals surface area (Å²) in [6.07, 6.45) is 3.82. The number of pyridine rings is 1. The first kappa shape index (κ1) is 22.8. The second kappa shape index (κ2) is 8.33. The number of nitrogens with two attached hydrogens (primary N) is 1. The van der Waals surface area contributed by atoms with Crippen molar-refractivity contribution in [2.75, 3.05) is 17.2 Å². The van der Waals surface area contributed by atoms with E-state index in [0.29, 0.717) is 23.2 Å². The SMILES string of the molecule is CC(C)(C)OC(=O)N(C(=O)OC(C)(C)C)c1ncc(N)c2nn(C3CCCCO3)cc12. The number of rotatable bonds is 2. The molecule has 1 unspecified atom stereocenters. The molecular weight excluding hydrogens is 402 g/mol. The Morgan fingerprint density at radius 3 is 2.26 bits per heavy atom. The molecule has 0 radical (unpaired) electrons. The van der Waals surface area contributed by atoms with Gasteiger partial charge in [0.15, 0.2) is 5.82 Å². The molecule has 0 saturated carbocycles. The third-order valence-electron chi connectivity index (χ3n) is 4.39. The van der Waals surface area contributed by atoms with Crippen molar-refractivity contribution < 1.29 is 23.8 Å². The lowest BCUT2D eigenvalue weighted by Gasteiger charge is -2.28. The Bertz CT molecular complexity index is 939. The lowest BCUT2D eigenvalue weighted by atomic mass is 10.2. The molecule has 1 atom stereocenters. The van der Waals surface area contributed by atoms with Crippen LogP contribution in [0.3, 0.4) is 0 Å². The lowest BCUT2D eigenvalue weighted by Crippen LogP contribution is -2.44. The van der Waals surface area contributed by atoms with Crippen LogP contribution in [-0.2, 0) is 14.2 Å². The van der Waals surface area contributed by atoms with Gasteiger partial charge in [0.2, 0.25) is 0 Å². The van der Waals surface area contributed by atoms with Gasteiger partial charge in [-0.2, -0.15) is 10.00 Å². The molecule has 0 spiro atoms. The van der Waals surface area contributed by atoms with E-state index in [-0.39, 0.29) is 12.0 Å². The van der Waals surface area contributed by atoms with Gasteiger partial charge in [-0.3, -0.25) is 0 Å². The summed E-state index contributed by atoms with van der Waals surface area (Å²) in [5.74, 6) is 0.0368. The summed E-state index contributed by atoms with van der Waals surface area (Å²) in [6.45, 7) is 10.9. The average molecular weight is 434 g/mol. The van der Waals surface area contributed by atoms with Crippen LogP contribution < -0.4 is 10.6 Å². The minimum absolute atomic E-state index is 0.0368. The number of anilines is 2. The van der Waals surface area contributed by atoms with E-state index in [2.05, 4.69) is 10.1 Å². The van der Waals surface area contributed by atoms with Gasteiger partial charge in [-0.25, -0.2) is 19.3 Å². The predicted molar refractivity (Wildman–Crippen MR) is 116 cm³/mol. The van der Waals surface area contributed by atoms with Crippen molar-refractivity contribution in [3.8, 4) is 0 Å². The molecule has 170 valence electrons. The summed E-state index contributed by atoms with van der Waals surface area (Å²) < 4.78 is 18.4. The number of nitrogen functional groups attached to an aromatic ring is 1. The van der Waals surface area contributed by atoms with Crippen LogP contribution in [0.2, 0.25) is 0 Å². The number of carbonyl (C=O) groups excluding carboxylic acids is 2. The van der Waals surface area contributed by atoms with Gasteiger partial charge in [-0.15, -0.1) is 0 Å². The van der Waals surface area contributed by atoms with Crippen molar-refractivity contribution in [3.05, 3.63) is 12.4 Å². The van der Waals surface area contributed by atoms with Crippen LogP contribution in [0, 0.1) is 0 Å². The number of amides is 2. The summed E-state index contributed by atoms with van der Waals surface area (Å²) >= 11 is 0. The first-order valence-electron chi connectivity index (χ1n) is 10.4. The van der Waals surface area contributed by atoms with Crippen LogP contribution in [0.25, 0.3) is 10.9 Å². The van der Waals surface area contributed by atoms with Crippen molar-refractivity contribution >= 4 is 34.6 Å². The molecule has 0 aliphatic carbocycles. The number of nitrogens with zero attached hydrogens (tertiary/aromatic N) is 4. The van der Waals surface area contributed by atoms with Gasteiger partial charge in [0.05, 0.1) is 17.3 Å². The van der Waals surface area contributed by atoms with Crippen molar-refractivity contribution in [1.29, 1.82) is 0 Å². The van der Waals surface area contributed by atoms with Crippen LogP contribution in [0.4, 0.5) is 21.1 Å². The van der Waals surface area contributed by atoms with Gasteiger partial charge in [0.25, 0.3) is 0 Å². The number of carbonyl (C=O) groups is 2. The zero-order chi connectivity index (χ0) is 23.0. The smallest absolute Gasteiger partial charge is 0.425 e. The number of hydrogen-bond donors (Lipinski definition) is 1. The van der Waals surface area contributed by atoms with Gasteiger partial charge in [0.1, 0.15) is 22.9 Å². The molecular formula is C21H31N5O5. The average Bonchev–Trinajstić information content (AvgIpc) is 3.08. The molecule has 0 aromatic carbocycles. The monoisotopic (exact) mass is 433 g/mol. The molecule has 3 rings (SSSR count). The molecule has 1 saturated heterocycles. The third-order valence-corrected chi connectivity index (χ3v) is 4.39. The van der Waals surface area contributed by atoms with Gasteiger partial charge < -0.3 is 19.9 Å². The van der Waals surface area contributed by atoms with E-state index < -0.39 is 23.4 Å². The van der Waals surface area contributed by atoms with Gasteiger partial charge in [0, 0.05) is 12.8 Å². The highest BCUT2D eigenvalue weighted by Gasteiger charge is 2.35. The minimum atomic E-state index is -0.901. The zero-order valence-electron chi connectivity index (χ0n) is 19.0. The second-order valence-corrected chi connectivity index (χ2v) is 9.53. The fraction of sp³-hybridized carbons (Fsp3) is 0.619. The highest BCUT2D eigenvalue weighted by molar-refractivity contribution is 6.14. The standard InChI is InChI=1S/C21H31N5O5/c1-20(2,3)30-18(27)26(19(28)31-21(4,5)6)17-13-12-25(15-9-7-8-10-29-15)24-16(13)14(22)11-23-17/h11-12,15H,7-10,22H2,1-6H3. The molecule has 2 amide bonds. The van der Waals surface area contributed by atoms with Crippen molar-refractivity contribution in [3.63, 3.8) is 0 Å². The summed E-state index contributed by atoms with van der Waals surface area (Å²) in [5, 5.41) is 4.96. The van der Waals surface area contributed by atoms with Crippen LogP contribution in [0.5, 0.6) is 0 Å². The molecule has 10 heteroatoms. The highest BCUT2D eigenvalue weighted by Crippen LogP contribution is 2.32. The van der Waals surface area contributed by atoms with Crippen molar-refractivity contribution in [1.82, 2.24) is 14.8 Å². The van der Waals surface area contributed by atoms with E-state index in [4.69, 9.17) is 19.9 Å². The number of fused-ring (bicyclic) bond motifs is 1. The first-order chi connectivity index (χ1) is 14.4. The Labute approximate surface area is 181 Å². The quantitative estimate of drug-likeness (QED) is 0.740. The van der Waals surface area contributed by atoms with Crippen molar-refractivity contribution in [2.45, 2.75) is 78.2 Å². The zero-order valence-corrected chi connectivity index (χ0v) is 19.0. The molecule has 3 heterocycles. The lowest BCUT2D eigenvalue weighted by molar-refractivity contribution is -0.0390. The Balaban J connectivity index is 2.09. The Hall–Kier alpha value is -2.88. The van der Waals surface area contributed by atoms with Crippen LogP contribution >= 0.6 is 0 Å². The van der Waals surface area contributed by atoms with E-state index in [9.17, 15) is 9.59 Å². The number of hydrogen-bond acceptors (Lipinski definition) is 8. The fourth-order valence-corrected chi connectivity index (χ4v) is 3.15. The maximum absolute atomic E-state index is 13.0. The Morgan fingerprint density at radius 1 is 1.13 bits per heavy atom. The van der Waals surface area contributed by atoms with Crippen molar-refractivity contribution in [2.24, 2.45) is 0 Å². The second-order valence-electron chi connectivity index (χ2n) is 9.53. The van der Waals surface area contributed by atoms with Gasteiger partial charge in [-0.1, -0.05) is 0 Å². The van der Waals surface area contributed by atoms with E-state index in [0.717, 1.165) is 24.2 Å². The van der Waals surface area contributed by atoms with Gasteiger partial charge in [-0.05, 0) is 60.8 Å². The third kappa shape index (κ3) is 5.43. The highest BCUT2D eigenvalue weighted by atomic mass is 16.6. The predicted octanol–water partition coefficient (Wildman–Crippen LogP) is 4.39. The topological polar surface area (TPSA) is 122 Å². The Morgan fingerprint density at radius 2 is 1.74 bits per heavy atom.